The Labute approximate surface area is 242 Å². The summed E-state index contributed by atoms with van der Waals surface area (Å²) < 4.78 is 13.7. The third kappa shape index (κ3) is 5.22. The van der Waals surface area contributed by atoms with E-state index in [-0.39, 0.29) is 22.0 Å². The van der Waals surface area contributed by atoms with E-state index in [1.54, 1.807) is 0 Å². The fourth-order valence-corrected chi connectivity index (χ4v) is 12.8. The Hall–Kier alpha value is -2.66. The maximum Gasteiger partial charge on any atom is 0.128 e. The fraction of sp³-hybridized carbons (Fsp3) is 0.333. The maximum absolute atomic E-state index is 6.83. The molecule has 4 aromatic rings. The Balaban J connectivity index is 1.45. The van der Waals surface area contributed by atoms with E-state index in [4.69, 9.17) is 9.47 Å². The first kappa shape index (κ1) is 27.5. The number of benzene rings is 4. The zero-order valence-corrected chi connectivity index (χ0v) is 26.3. The second kappa shape index (κ2) is 10.6. The summed E-state index contributed by atoms with van der Waals surface area (Å²) in [5.74, 6) is 2.46. The van der Waals surface area contributed by atoms with E-state index < -0.39 is 15.8 Å². The predicted octanol–water partition coefficient (Wildman–Crippen LogP) is 9.09. The van der Waals surface area contributed by atoms with Gasteiger partial charge in [-0.3, -0.25) is 0 Å². The Bertz CT molecular complexity index is 1370. The topological polar surface area (TPSA) is 18.5 Å². The van der Waals surface area contributed by atoms with E-state index in [0.29, 0.717) is 0 Å². The third-order valence-corrected chi connectivity index (χ3v) is 14.3. The lowest BCUT2D eigenvalue weighted by atomic mass is 10.0. The summed E-state index contributed by atoms with van der Waals surface area (Å²) >= 11 is 0. The minimum absolute atomic E-state index is 0.106. The van der Waals surface area contributed by atoms with Crippen molar-refractivity contribution in [2.24, 2.45) is 0 Å². The van der Waals surface area contributed by atoms with E-state index >= 15 is 0 Å². The predicted molar refractivity (Wildman–Crippen MR) is 174 cm³/mol. The normalized spacial score (nSPS) is 21.9. The number of ether oxygens (including phenoxy) is 2. The van der Waals surface area contributed by atoms with E-state index in [1.165, 1.54) is 32.9 Å². The van der Waals surface area contributed by atoms with Crippen LogP contribution in [-0.2, 0) is 12.8 Å². The van der Waals surface area contributed by atoms with Gasteiger partial charge in [-0.25, -0.2) is 0 Å². The molecule has 0 bridgehead atoms. The van der Waals surface area contributed by atoms with Gasteiger partial charge in [-0.1, -0.05) is 126 Å². The van der Waals surface area contributed by atoms with Crippen LogP contribution in [0, 0.1) is 0 Å². The van der Waals surface area contributed by atoms with Gasteiger partial charge in [0.05, 0.1) is 0 Å². The molecule has 0 unspecified atom stereocenters. The molecule has 0 radical (unpaired) electrons. The number of rotatable bonds is 5. The van der Waals surface area contributed by atoms with Gasteiger partial charge in [-0.05, 0) is 60.5 Å². The summed E-state index contributed by atoms with van der Waals surface area (Å²) in [7, 11) is -1.18. The Morgan fingerprint density at radius 2 is 0.875 bits per heavy atom. The molecular formula is C36H40O2P2. The largest absolute Gasteiger partial charge is 0.485 e. The van der Waals surface area contributed by atoms with Gasteiger partial charge in [0.2, 0.25) is 0 Å². The summed E-state index contributed by atoms with van der Waals surface area (Å²) in [6.07, 6.45) is 1.86. The van der Waals surface area contributed by atoms with Crippen molar-refractivity contribution in [1.29, 1.82) is 0 Å². The molecule has 0 spiro atoms. The smallest absolute Gasteiger partial charge is 0.128 e. The molecule has 4 aromatic carbocycles. The zero-order valence-electron chi connectivity index (χ0n) is 24.5. The first-order valence-electron chi connectivity index (χ1n) is 14.4. The summed E-state index contributed by atoms with van der Waals surface area (Å²) in [5.41, 5.74) is 5.36. The first-order chi connectivity index (χ1) is 19.1. The molecule has 40 heavy (non-hydrogen) atoms. The average molecular weight is 567 g/mol. The Kier molecular flexibility index (Phi) is 7.31. The van der Waals surface area contributed by atoms with Crippen LogP contribution < -0.4 is 20.1 Å². The van der Waals surface area contributed by atoms with Gasteiger partial charge in [0.25, 0.3) is 0 Å². The van der Waals surface area contributed by atoms with E-state index in [2.05, 4.69) is 139 Å². The molecular weight excluding hydrogens is 526 g/mol. The molecule has 0 fully saturated rings. The van der Waals surface area contributed by atoms with Crippen LogP contribution in [0.4, 0.5) is 0 Å². The van der Waals surface area contributed by atoms with Crippen molar-refractivity contribution in [1.82, 2.24) is 0 Å². The van der Waals surface area contributed by atoms with Gasteiger partial charge in [-0.2, -0.15) is 0 Å². The highest BCUT2D eigenvalue weighted by Crippen LogP contribution is 2.63. The van der Waals surface area contributed by atoms with Gasteiger partial charge < -0.3 is 9.47 Å². The van der Waals surface area contributed by atoms with Crippen LogP contribution in [0.25, 0.3) is 11.1 Å². The third-order valence-electron chi connectivity index (χ3n) is 7.82. The van der Waals surface area contributed by atoms with Crippen LogP contribution in [-0.4, -0.2) is 22.0 Å². The lowest BCUT2D eigenvalue weighted by Gasteiger charge is -2.34. The Morgan fingerprint density at radius 3 is 1.23 bits per heavy atom. The highest BCUT2D eigenvalue weighted by atomic mass is 31.1. The van der Waals surface area contributed by atoms with Crippen molar-refractivity contribution in [3.63, 3.8) is 0 Å². The number of hydrogen-bond donors (Lipinski definition) is 0. The van der Waals surface area contributed by atoms with Crippen LogP contribution in [0.5, 0.6) is 11.5 Å². The molecule has 6 rings (SSSR count). The molecule has 2 aliphatic rings. The van der Waals surface area contributed by atoms with Crippen molar-refractivity contribution < 1.29 is 9.47 Å². The molecule has 0 N–H and O–H groups in total. The summed E-state index contributed by atoms with van der Waals surface area (Å²) in [4.78, 5) is 0. The van der Waals surface area contributed by atoms with E-state index in [0.717, 1.165) is 24.3 Å². The van der Waals surface area contributed by atoms with Crippen molar-refractivity contribution in [3.05, 3.63) is 108 Å². The SMILES string of the molecule is CC(C)(C)[P@]1c2c(cccc2-c2cccc3c2[P@@](C(C)(C)C)[C@@H](Cc2ccccc2)O3)O[C@@H]1Cc1ccccc1. The van der Waals surface area contributed by atoms with E-state index in [1.807, 2.05) is 0 Å². The molecule has 4 heteroatoms. The van der Waals surface area contributed by atoms with E-state index in [9.17, 15) is 0 Å². The van der Waals surface area contributed by atoms with Gasteiger partial charge in [0, 0.05) is 23.5 Å². The number of hydrogen-bond acceptors (Lipinski definition) is 2. The summed E-state index contributed by atoms with van der Waals surface area (Å²) in [5, 5.41) is 3.06. The first-order valence-corrected chi connectivity index (χ1v) is 17.2. The van der Waals surface area contributed by atoms with Crippen LogP contribution >= 0.6 is 15.8 Å². The van der Waals surface area contributed by atoms with Crippen molar-refractivity contribution in [2.45, 2.75) is 76.4 Å². The van der Waals surface area contributed by atoms with Gasteiger partial charge in [-0.15, -0.1) is 0 Å². The Morgan fingerprint density at radius 1 is 0.500 bits per heavy atom. The van der Waals surface area contributed by atoms with Gasteiger partial charge in [0.1, 0.15) is 23.2 Å². The molecule has 0 amide bonds. The van der Waals surface area contributed by atoms with Crippen LogP contribution in [0.3, 0.4) is 0 Å². The lowest BCUT2D eigenvalue weighted by Crippen LogP contribution is -2.27. The molecule has 0 saturated carbocycles. The average Bonchev–Trinajstić information content (AvgIpc) is 3.47. The molecule has 2 heterocycles. The molecule has 4 atom stereocenters. The van der Waals surface area contributed by atoms with Crippen LogP contribution in [0.2, 0.25) is 0 Å². The fourth-order valence-electron chi connectivity index (χ4n) is 6.29. The highest BCUT2D eigenvalue weighted by Gasteiger charge is 2.46. The maximum atomic E-state index is 6.83. The van der Waals surface area contributed by atoms with Crippen molar-refractivity contribution in [3.8, 4) is 22.6 Å². The summed E-state index contributed by atoms with van der Waals surface area (Å²) in [6, 6.07) is 35.1. The van der Waals surface area contributed by atoms with Crippen LogP contribution in [0.1, 0.15) is 52.7 Å². The molecule has 0 aromatic heterocycles. The van der Waals surface area contributed by atoms with Crippen molar-refractivity contribution >= 4 is 26.5 Å². The second-order valence-electron chi connectivity index (χ2n) is 12.9. The van der Waals surface area contributed by atoms with Crippen LogP contribution in [0.15, 0.2) is 97.1 Å². The van der Waals surface area contributed by atoms with Gasteiger partial charge in [0.15, 0.2) is 0 Å². The number of fused-ring (bicyclic) bond motifs is 2. The molecule has 206 valence electrons. The van der Waals surface area contributed by atoms with Crippen molar-refractivity contribution in [2.75, 3.05) is 0 Å². The minimum Gasteiger partial charge on any atom is -0.485 e. The molecule has 0 saturated heterocycles. The monoisotopic (exact) mass is 566 g/mol. The summed E-state index contributed by atoms with van der Waals surface area (Å²) in [6.45, 7) is 14.3. The molecule has 0 aliphatic carbocycles. The lowest BCUT2D eigenvalue weighted by molar-refractivity contribution is 0.293. The second-order valence-corrected chi connectivity index (χ2v) is 19.1. The standard InChI is InChI=1S/C36H40O2P2/c1-35(2,3)39-31(23-25-15-9-7-10-16-25)37-29-21-13-19-27(33(29)39)28-20-14-22-30-34(28)40(36(4,5)6)32(38-30)24-26-17-11-8-12-18-26/h7-22,31-32H,23-24H2,1-6H3/t31-,32-,39-,40-/m0/s1. The highest BCUT2D eigenvalue weighted by molar-refractivity contribution is 7.69. The quantitative estimate of drug-likeness (QED) is 0.224. The zero-order chi connectivity index (χ0) is 28.1. The molecule has 2 aliphatic heterocycles. The minimum atomic E-state index is -0.589. The van der Waals surface area contributed by atoms with Gasteiger partial charge >= 0.3 is 0 Å². The molecule has 2 nitrogen and oxygen atoms in total.